The summed E-state index contributed by atoms with van der Waals surface area (Å²) in [6, 6.07) is 15.2. The first-order chi connectivity index (χ1) is 12.0. The van der Waals surface area contributed by atoms with Gasteiger partial charge in [-0.15, -0.1) is 0 Å². The summed E-state index contributed by atoms with van der Waals surface area (Å²) in [5.41, 5.74) is 2.75. The Morgan fingerprint density at radius 1 is 1.24 bits per heavy atom. The van der Waals surface area contributed by atoms with Gasteiger partial charge in [-0.25, -0.2) is 0 Å². The van der Waals surface area contributed by atoms with Crippen LogP contribution in [-0.2, 0) is 9.59 Å². The molecular weight excluding hydrogens is 336 g/mol. The molecule has 130 valence electrons. The number of carbonyl (C=O) groups excluding carboxylic acids is 2. The van der Waals surface area contributed by atoms with Crippen molar-refractivity contribution in [2.24, 2.45) is 5.92 Å². The molecule has 0 bridgehead atoms. The van der Waals surface area contributed by atoms with E-state index in [1.807, 2.05) is 56.3 Å². The largest absolute Gasteiger partial charge is 0.349 e. The van der Waals surface area contributed by atoms with Gasteiger partial charge in [0.15, 0.2) is 0 Å². The quantitative estimate of drug-likeness (QED) is 0.903. The van der Waals surface area contributed by atoms with Gasteiger partial charge in [0.1, 0.15) is 0 Å². The van der Waals surface area contributed by atoms with E-state index in [4.69, 9.17) is 11.6 Å². The van der Waals surface area contributed by atoms with Crippen molar-refractivity contribution in [3.8, 4) is 0 Å². The molecule has 0 spiro atoms. The molecule has 3 rings (SSSR count). The highest BCUT2D eigenvalue weighted by Crippen LogP contribution is 2.29. The number of aryl methyl sites for hydroxylation is 1. The molecular formula is C20H21ClN2O2. The van der Waals surface area contributed by atoms with Crippen molar-refractivity contribution >= 4 is 29.1 Å². The SMILES string of the molecule is Cc1ccc(N2CC(C(=O)NC(C)c3ccccc3)CC2=O)cc1Cl. The molecule has 4 nitrogen and oxygen atoms in total. The third-order valence-electron chi connectivity index (χ3n) is 4.62. The third kappa shape index (κ3) is 3.85. The van der Waals surface area contributed by atoms with E-state index in [1.165, 1.54) is 0 Å². The maximum atomic E-state index is 12.6. The van der Waals surface area contributed by atoms with Crippen molar-refractivity contribution in [2.45, 2.75) is 26.3 Å². The van der Waals surface area contributed by atoms with E-state index in [2.05, 4.69) is 5.32 Å². The van der Waals surface area contributed by atoms with Gasteiger partial charge >= 0.3 is 0 Å². The molecule has 2 amide bonds. The van der Waals surface area contributed by atoms with Crippen molar-refractivity contribution in [3.63, 3.8) is 0 Å². The third-order valence-corrected chi connectivity index (χ3v) is 5.03. The van der Waals surface area contributed by atoms with E-state index in [9.17, 15) is 9.59 Å². The van der Waals surface area contributed by atoms with Gasteiger partial charge in [-0.05, 0) is 37.1 Å². The van der Waals surface area contributed by atoms with Crippen molar-refractivity contribution in [1.82, 2.24) is 5.32 Å². The van der Waals surface area contributed by atoms with E-state index >= 15 is 0 Å². The van der Waals surface area contributed by atoms with Gasteiger partial charge in [-0.3, -0.25) is 9.59 Å². The summed E-state index contributed by atoms with van der Waals surface area (Å²) >= 11 is 6.16. The molecule has 1 heterocycles. The van der Waals surface area contributed by atoms with Gasteiger partial charge in [0.05, 0.1) is 12.0 Å². The maximum absolute atomic E-state index is 12.6. The van der Waals surface area contributed by atoms with Crippen LogP contribution >= 0.6 is 11.6 Å². The van der Waals surface area contributed by atoms with Crippen LogP contribution in [0.25, 0.3) is 0 Å². The molecule has 2 aromatic carbocycles. The van der Waals surface area contributed by atoms with Crippen LogP contribution in [0.3, 0.4) is 0 Å². The molecule has 25 heavy (non-hydrogen) atoms. The monoisotopic (exact) mass is 356 g/mol. The first-order valence-corrected chi connectivity index (χ1v) is 8.75. The molecule has 0 aromatic heterocycles. The second-order valence-electron chi connectivity index (χ2n) is 6.48. The minimum Gasteiger partial charge on any atom is -0.349 e. The number of benzene rings is 2. The summed E-state index contributed by atoms with van der Waals surface area (Å²) in [7, 11) is 0. The summed E-state index contributed by atoms with van der Waals surface area (Å²) in [6.45, 7) is 4.24. The Morgan fingerprint density at radius 2 is 1.96 bits per heavy atom. The highest BCUT2D eigenvalue weighted by atomic mass is 35.5. The number of rotatable bonds is 4. The zero-order chi connectivity index (χ0) is 18.0. The molecule has 2 atom stereocenters. The highest BCUT2D eigenvalue weighted by Gasteiger charge is 2.35. The molecule has 1 N–H and O–H groups in total. The van der Waals surface area contributed by atoms with Gasteiger partial charge < -0.3 is 10.2 Å². The summed E-state index contributed by atoms with van der Waals surface area (Å²) in [5, 5.41) is 3.63. The Hall–Kier alpha value is -2.33. The van der Waals surface area contributed by atoms with Gasteiger partial charge in [-0.1, -0.05) is 48.0 Å². The average Bonchev–Trinajstić information content (AvgIpc) is 3.00. The van der Waals surface area contributed by atoms with Crippen LogP contribution in [0, 0.1) is 12.8 Å². The fourth-order valence-corrected chi connectivity index (χ4v) is 3.21. The number of hydrogen-bond acceptors (Lipinski definition) is 2. The van der Waals surface area contributed by atoms with Crippen LogP contribution in [0.1, 0.15) is 30.5 Å². The maximum Gasteiger partial charge on any atom is 0.227 e. The lowest BCUT2D eigenvalue weighted by molar-refractivity contribution is -0.126. The number of halogens is 1. The number of carbonyl (C=O) groups is 2. The fraction of sp³-hybridized carbons (Fsp3) is 0.300. The lowest BCUT2D eigenvalue weighted by atomic mass is 10.1. The minimum atomic E-state index is -0.348. The van der Waals surface area contributed by atoms with Crippen LogP contribution in [0.15, 0.2) is 48.5 Å². The molecule has 1 aliphatic rings. The summed E-state index contributed by atoms with van der Waals surface area (Å²) < 4.78 is 0. The molecule has 1 aliphatic heterocycles. The lowest BCUT2D eigenvalue weighted by Gasteiger charge is -2.19. The number of nitrogens with zero attached hydrogens (tertiary/aromatic N) is 1. The summed E-state index contributed by atoms with van der Waals surface area (Å²) in [5.74, 6) is -0.489. The van der Waals surface area contributed by atoms with Gasteiger partial charge in [0.25, 0.3) is 0 Å². The van der Waals surface area contributed by atoms with Crippen molar-refractivity contribution < 1.29 is 9.59 Å². The molecule has 0 saturated carbocycles. The van der Waals surface area contributed by atoms with Gasteiger partial charge in [0, 0.05) is 23.7 Å². The van der Waals surface area contributed by atoms with Crippen LogP contribution in [0.4, 0.5) is 5.69 Å². The van der Waals surface area contributed by atoms with Gasteiger partial charge in [0.2, 0.25) is 11.8 Å². The Morgan fingerprint density at radius 3 is 2.64 bits per heavy atom. The Bertz CT molecular complexity index is 792. The first-order valence-electron chi connectivity index (χ1n) is 8.37. The molecule has 1 fully saturated rings. The minimum absolute atomic E-state index is 0.0487. The summed E-state index contributed by atoms with van der Waals surface area (Å²) in [6.07, 6.45) is 0.221. The Balaban J connectivity index is 1.67. The second kappa shape index (κ2) is 7.28. The van der Waals surface area contributed by atoms with Gasteiger partial charge in [-0.2, -0.15) is 0 Å². The van der Waals surface area contributed by atoms with E-state index in [-0.39, 0.29) is 30.2 Å². The highest BCUT2D eigenvalue weighted by molar-refractivity contribution is 6.31. The molecule has 5 heteroatoms. The van der Waals surface area contributed by atoms with E-state index < -0.39 is 0 Å². The molecule has 2 aromatic rings. The second-order valence-corrected chi connectivity index (χ2v) is 6.89. The zero-order valence-electron chi connectivity index (χ0n) is 14.3. The average molecular weight is 357 g/mol. The lowest BCUT2D eigenvalue weighted by Crippen LogP contribution is -2.34. The Kier molecular flexibility index (Phi) is 5.09. The smallest absolute Gasteiger partial charge is 0.227 e. The zero-order valence-corrected chi connectivity index (χ0v) is 15.1. The molecule has 2 unspecified atom stereocenters. The number of amides is 2. The van der Waals surface area contributed by atoms with E-state index in [0.717, 1.165) is 16.8 Å². The van der Waals surface area contributed by atoms with Crippen LogP contribution in [0.5, 0.6) is 0 Å². The number of anilines is 1. The van der Waals surface area contributed by atoms with E-state index in [0.29, 0.717) is 11.6 Å². The molecule has 0 radical (unpaired) electrons. The predicted octanol–water partition coefficient (Wildman–Crippen LogP) is 3.88. The fourth-order valence-electron chi connectivity index (χ4n) is 3.04. The predicted molar refractivity (Wildman–Crippen MR) is 99.6 cm³/mol. The normalized spacial score (nSPS) is 18.3. The summed E-state index contributed by atoms with van der Waals surface area (Å²) in [4.78, 5) is 26.5. The van der Waals surface area contributed by atoms with Crippen LogP contribution < -0.4 is 10.2 Å². The van der Waals surface area contributed by atoms with Crippen molar-refractivity contribution in [3.05, 3.63) is 64.7 Å². The Labute approximate surface area is 152 Å². The first kappa shape index (κ1) is 17.5. The van der Waals surface area contributed by atoms with Crippen molar-refractivity contribution in [1.29, 1.82) is 0 Å². The number of nitrogens with one attached hydrogen (secondary N) is 1. The molecule has 1 saturated heterocycles. The standard InChI is InChI=1S/C20H21ClN2O2/c1-13-8-9-17(11-18(13)21)23-12-16(10-19(23)24)20(25)22-14(2)15-6-4-3-5-7-15/h3-9,11,14,16H,10,12H2,1-2H3,(H,22,25). The molecule has 0 aliphatic carbocycles. The topological polar surface area (TPSA) is 49.4 Å². The number of hydrogen-bond donors (Lipinski definition) is 1. The van der Waals surface area contributed by atoms with E-state index in [1.54, 1.807) is 11.0 Å². The van der Waals surface area contributed by atoms with Crippen LogP contribution in [-0.4, -0.2) is 18.4 Å². The van der Waals surface area contributed by atoms with Crippen molar-refractivity contribution in [2.75, 3.05) is 11.4 Å². The van der Waals surface area contributed by atoms with Crippen LogP contribution in [0.2, 0.25) is 5.02 Å².